The zero-order valence-electron chi connectivity index (χ0n) is 8.86. The second kappa shape index (κ2) is 3.81. The Morgan fingerprint density at radius 1 is 1.41 bits per heavy atom. The summed E-state index contributed by atoms with van der Waals surface area (Å²) >= 11 is 0. The van der Waals surface area contributed by atoms with Crippen LogP contribution in [0.15, 0.2) is 18.3 Å². The topological polar surface area (TPSA) is 102 Å². The lowest BCUT2D eigenvalue weighted by atomic mass is 10.3. The first kappa shape index (κ1) is 11.5. The normalized spacial score (nSPS) is 11.8. The monoisotopic (exact) mass is 255 g/mol. The van der Waals surface area contributed by atoms with E-state index in [1.54, 1.807) is 0 Å². The van der Waals surface area contributed by atoms with Crippen molar-refractivity contribution in [2.24, 2.45) is 0 Å². The van der Waals surface area contributed by atoms with Crippen LogP contribution < -0.4 is 0 Å². The van der Waals surface area contributed by atoms with Crippen molar-refractivity contribution >= 4 is 21.5 Å². The minimum atomic E-state index is -3.24. The summed E-state index contributed by atoms with van der Waals surface area (Å²) in [6.45, 7) is 0. The molecule has 0 radical (unpaired) electrons. The molecule has 0 amide bonds. The van der Waals surface area contributed by atoms with E-state index < -0.39 is 15.8 Å². The van der Waals surface area contributed by atoms with Gasteiger partial charge in [0.05, 0.1) is 5.56 Å². The Labute approximate surface area is 96.6 Å². The molecular weight excluding hydrogens is 246 g/mol. The number of hydrogen-bond acceptors (Lipinski definition) is 5. The van der Waals surface area contributed by atoms with Gasteiger partial charge < -0.3 is 5.11 Å². The summed E-state index contributed by atoms with van der Waals surface area (Å²) in [7, 11) is -3.24. The Bertz CT molecular complexity index is 689. The molecule has 2 rings (SSSR count). The molecule has 0 fully saturated rings. The van der Waals surface area contributed by atoms with Gasteiger partial charge in [-0.15, -0.1) is 10.2 Å². The number of carboxylic acid groups (broad SMARTS) is 1. The number of carboxylic acids is 1. The second-order valence-electron chi connectivity index (χ2n) is 3.64. The number of aromatic carboxylic acids is 1. The predicted octanol–water partition coefficient (Wildman–Crippen LogP) is -0.0279. The third kappa shape index (κ3) is 2.41. The molecule has 0 spiro atoms. The number of nitrogens with zero attached hydrogens (tertiary/aromatic N) is 3. The van der Waals surface area contributed by atoms with Gasteiger partial charge in [0.15, 0.2) is 21.3 Å². The first-order valence-corrected chi connectivity index (χ1v) is 6.67. The van der Waals surface area contributed by atoms with Crippen LogP contribution in [0.3, 0.4) is 0 Å². The van der Waals surface area contributed by atoms with Gasteiger partial charge in [-0.2, -0.15) is 0 Å². The van der Waals surface area contributed by atoms with Gasteiger partial charge in [0.1, 0.15) is 5.75 Å². The average molecular weight is 255 g/mol. The molecule has 1 N–H and O–H groups in total. The predicted molar refractivity (Wildman–Crippen MR) is 58.5 cm³/mol. The standard InChI is InChI=1S/C9H9N3O4S/c1-17(15,16)5-8-11-10-7-3-2-6(9(13)14)4-12(7)8/h2-4H,5H2,1H3,(H,13,14). The molecule has 17 heavy (non-hydrogen) atoms. The summed E-state index contributed by atoms with van der Waals surface area (Å²) in [6, 6.07) is 2.86. The van der Waals surface area contributed by atoms with E-state index in [0.717, 1.165) is 6.26 Å². The molecule has 2 aromatic rings. The molecule has 2 heterocycles. The minimum absolute atomic E-state index is 0.0482. The van der Waals surface area contributed by atoms with E-state index in [4.69, 9.17) is 5.11 Å². The molecule has 0 aromatic carbocycles. The van der Waals surface area contributed by atoms with Crippen molar-refractivity contribution in [3.8, 4) is 0 Å². The first-order chi connectivity index (χ1) is 7.87. The summed E-state index contributed by atoms with van der Waals surface area (Å²) < 4.78 is 23.7. The molecule has 0 aliphatic carbocycles. The van der Waals surface area contributed by atoms with E-state index in [0.29, 0.717) is 5.65 Å². The molecule has 2 aromatic heterocycles. The highest BCUT2D eigenvalue weighted by Crippen LogP contribution is 2.09. The Kier molecular flexibility index (Phi) is 2.58. The summed E-state index contributed by atoms with van der Waals surface area (Å²) in [4.78, 5) is 10.8. The molecule has 0 saturated heterocycles. The SMILES string of the molecule is CS(=O)(=O)Cc1nnc2ccc(C(=O)O)cn12. The van der Waals surface area contributed by atoms with Crippen molar-refractivity contribution in [1.82, 2.24) is 14.6 Å². The number of aromatic nitrogens is 3. The van der Waals surface area contributed by atoms with E-state index in [1.807, 2.05) is 0 Å². The molecule has 0 unspecified atom stereocenters. The second-order valence-corrected chi connectivity index (χ2v) is 5.78. The first-order valence-electron chi connectivity index (χ1n) is 4.61. The fourth-order valence-corrected chi connectivity index (χ4v) is 2.06. The number of carbonyl (C=O) groups is 1. The van der Waals surface area contributed by atoms with Crippen LogP contribution in [0.4, 0.5) is 0 Å². The summed E-state index contributed by atoms with van der Waals surface area (Å²) in [5, 5.41) is 16.3. The quantitative estimate of drug-likeness (QED) is 0.826. The highest BCUT2D eigenvalue weighted by Gasteiger charge is 2.13. The van der Waals surface area contributed by atoms with Crippen LogP contribution in [0.2, 0.25) is 0 Å². The Morgan fingerprint density at radius 3 is 2.71 bits per heavy atom. The molecule has 0 bridgehead atoms. The molecule has 0 saturated carbocycles. The van der Waals surface area contributed by atoms with Crippen molar-refractivity contribution in [3.63, 3.8) is 0 Å². The van der Waals surface area contributed by atoms with Crippen molar-refractivity contribution in [2.45, 2.75) is 5.75 Å². The van der Waals surface area contributed by atoms with E-state index in [2.05, 4.69) is 10.2 Å². The zero-order chi connectivity index (χ0) is 12.6. The van der Waals surface area contributed by atoms with Crippen LogP contribution in [-0.2, 0) is 15.6 Å². The van der Waals surface area contributed by atoms with E-state index in [-0.39, 0.29) is 17.1 Å². The Balaban J connectivity index is 2.58. The maximum atomic E-state index is 11.2. The molecule has 0 atom stereocenters. The number of pyridine rings is 1. The fraction of sp³-hybridized carbons (Fsp3) is 0.222. The van der Waals surface area contributed by atoms with Crippen LogP contribution in [0.25, 0.3) is 5.65 Å². The lowest BCUT2D eigenvalue weighted by Crippen LogP contribution is -2.06. The summed E-state index contributed by atoms with van der Waals surface area (Å²) in [5.41, 5.74) is 0.459. The van der Waals surface area contributed by atoms with Gasteiger partial charge in [-0.25, -0.2) is 13.2 Å². The van der Waals surface area contributed by atoms with Crippen molar-refractivity contribution in [1.29, 1.82) is 0 Å². The average Bonchev–Trinajstić information content (AvgIpc) is 2.58. The van der Waals surface area contributed by atoms with Gasteiger partial charge >= 0.3 is 5.97 Å². The maximum absolute atomic E-state index is 11.2. The lowest BCUT2D eigenvalue weighted by Gasteiger charge is -1.99. The maximum Gasteiger partial charge on any atom is 0.337 e. The van der Waals surface area contributed by atoms with E-state index in [1.165, 1.54) is 22.7 Å². The van der Waals surface area contributed by atoms with Crippen molar-refractivity contribution < 1.29 is 18.3 Å². The summed E-state index contributed by atoms with van der Waals surface area (Å²) in [5.74, 6) is -1.17. The molecular formula is C9H9N3O4S. The Morgan fingerprint density at radius 2 is 2.12 bits per heavy atom. The molecule has 8 heteroatoms. The van der Waals surface area contributed by atoms with Gasteiger partial charge in [0, 0.05) is 12.5 Å². The van der Waals surface area contributed by atoms with Gasteiger partial charge in [0.25, 0.3) is 0 Å². The van der Waals surface area contributed by atoms with Crippen LogP contribution in [0, 0.1) is 0 Å². The van der Waals surface area contributed by atoms with Crippen molar-refractivity contribution in [2.75, 3.05) is 6.26 Å². The summed E-state index contributed by atoms with van der Waals surface area (Å²) in [6.07, 6.45) is 2.38. The molecule has 0 aliphatic rings. The minimum Gasteiger partial charge on any atom is -0.478 e. The van der Waals surface area contributed by atoms with Crippen molar-refractivity contribution in [3.05, 3.63) is 29.7 Å². The fourth-order valence-electron chi connectivity index (χ4n) is 1.40. The number of rotatable bonds is 3. The van der Waals surface area contributed by atoms with E-state index in [9.17, 15) is 13.2 Å². The van der Waals surface area contributed by atoms with Crippen LogP contribution in [-0.4, -0.2) is 40.3 Å². The highest BCUT2D eigenvalue weighted by molar-refractivity contribution is 7.89. The van der Waals surface area contributed by atoms with Crippen LogP contribution in [0.1, 0.15) is 16.2 Å². The number of sulfone groups is 1. The number of fused-ring (bicyclic) bond motifs is 1. The Hall–Kier alpha value is -1.96. The number of hydrogen-bond donors (Lipinski definition) is 1. The third-order valence-corrected chi connectivity index (χ3v) is 2.89. The largest absolute Gasteiger partial charge is 0.478 e. The lowest BCUT2D eigenvalue weighted by molar-refractivity contribution is 0.0696. The molecule has 90 valence electrons. The molecule has 7 nitrogen and oxygen atoms in total. The van der Waals surface area contributed by atoms with Gasteiger partial charge in [-0.05, 0) is 12.1 Å². The highest BCUT2D eigenvalue weighted by atomic mass is 32.2. The third-order valence-electron chi connectivity index (χ3n) is 2.11. The van der Waals surface area contributed by atoms with Gasteiger partial charge in [0.2, 0.25) is 0 Å². The van der Waals surface area contributed by atoms with Crippen LogP contribution >= 0.6 is 0 Å². The van der Waals surface area contributed by atoms with Gasteiger partial charge in [-0.3, -0.25) is 4.40 Å². The molecule has 0 aliphatic heterocycles. The smallest absolute Gasteiger partial charge is 0.337 e. The van der Waals surface area contributed by atoms with Crippen LogP contribution in [0.5, 0.6) is 0 Å². The van der Waals surface area contributed by atoms with Gasteiger partial charge in [-0.1, -0.05) is 0 Å². The van der Waals surface area contributed by atoms with E-state index >= 15 is 0 Å². The zero-order valence-corrected chi connectivity index (χ0v) is 9.68.